The third kappa shape index (κ3) is 2.29. The van der Waals surface area contributed by atoms with Crippen LogP contribution in [0.4, 0.5) is 4.39 Å². The Labute approximate surface area is 106 Å². The highest BCUT2D eigenvalue weighted by molar-refractivity contribution is 5.26. The van der Waals surface area contributed by atoms with E-state index in [-0.39, 0.29) is 17.9 Å². The van der Waals surface area contributed by atoms with E-state index in [1.54, 1.807) is 31.6 Å². The van der Waals surface area contributed by atoms with Gasteiger partial charge in [0.05, 0.1) is 18.1 Å². The fraction of sp³-hybridized carbons (Fsp3) is 0.357. The maximum absolute atomic E-state index is 13.6. The van der Waals surface area contributed by atoms with Crippen molar-refractivity contribution in [2.75, 3.05) is 0 Å². The quantitative estimate of drug-likeness (QED) is 0.906. The van der Waals surface area contributed by atoms with Crippen LogP contribution >= 0.6 is 0 Å². The molecule has 0 saturated carbocycles. The number of rotatable bonds is 3. The highest BCUT2D eigenvalue weighted by Gasteiger charge is 2.14. The molecule has 0 spiro atoms. The van der Waals surface area contributed by atoms with Crippen LogP contribution in [0.1, 0.15) is 42.8 Å². The van der Waals surface area contributed by atoms with Gasteiger partial charge in [0.2, 0.25) is 0 Å². The van der Waals surface area contributed by atoms with E-state index in [1.807, 2.05) is 24.5 Å². The van der Waals surface area contributed by atoms with Crippen LogP contribution < -0.4 is 5.73 Å². The standard InChI is InChI=1S/C14H18FN3/c1-9-4-5-12(6-13(9)15)11(3)18-8-17-7-14(18)10(2)16/h4-8,10-11H,16H2,1-3H3. The minimum absolute atomic E-state index is 0.0172. The molecule has 3 nitrogen and oxygen atoms in total. The monoisotopic (exact) mass is 247 g/mol. The van der Waals surface area contributed by atoms with Crippen molar-refractivity contribution in [3.63, 3.8) is 0 Å². The van der Waals surface area contributed by atoms with E-state index in [0.29, 0.717) is 5.56 Å². The SMILES string of the molecule is Cc1ccc(C(C)n2cncc2C(C)N)cc1F. The molecule has 2 unspecified atom stereocenters. The smallest absolute Gasteiger partial charge is 0.126 e. The molecular weight excluding hydrogens is 229 g/mol. The second-order valence-corrected chi connectivity index (χ2v) is 4.70. The van der Waals surface area contributed by atoms with Gasteiger partial charge < -0.3 is 10.3 Å². The Kier molecular flexibility index (Phi) is 3.48. The first-order valence-corrected chi connectivity index (χ1v) is 6.04. The maximum atomic E-state index is 13.6. The van der Waals surface area contributed by atoms with Gasteiger partial charge in [-0.1, -0.05) is 12.1 Å². The van der Waals surface area contributed by atoms with Crippen LogP contribution in [0.15, 0.2) is 30.7 Å². The van der Waals surface area contributed by atoms with Gasteiger partial charge in [-0.25, -0.2) is 9.37 Å². The summed E-state index contributed by atoms with van der Waals surface area (Å²) < 4.78 is 15.6. The van der Waals surface area contributed by atoms with Gasteiger partial charge in [-0.15, -0.1) is 0 Å². The Morgan fingerprint density at radius 2 is 2.06 bits per heavy atom. The summed E-state index contributed by atoms with van der Waals surface area (Å²) in [6, 6.07) is 5.23. The van der Waals surface area contributed by atoms with Gasteiger partial charge in [0, 0.05) is 12.2 Å². The van der Waals surface area contributed by atoms with Crippen molar-refractivity contribution in [2.24, 2.45) is 5.73 Å². The van der Waals surface area contributed by atoms with Crippen LogP contribution in [0.5, 0.6) is 0 Å². The number of nitrogens with zero attached hydrogens (tertiary/aromatic N) is 2. The topological polar surface area (TPSA) is 43.8 Å². The lowest BCUT2D eigenvalue weighted by molar-refractivity contribution is 0.570. The molecule has 0 amide bonds. The number of benzene rings is 1. The Balaban J connectivity index is 2.38. The molecule has 1 aromatic heterocycles. The van der Waals surface area contributed by atoms with Gasteiger partial charge in [-0.2, -0.15) is 0 Å². The average molecular weight is 247 g/mol. The summed E-state index contributed by atoms with van der Waals surface area (Å²) in [7, 11) is 0. The van der Waals surface area contributed by atoms with Gasteiger partial charge in [0.25, 0.3) is 0 Å². The summed E-state index contributed by atoms with van der Waals surface area (Å²) in [5.74, 6) is -0.179. The summed E-state index contributed by atoms with van der Waals surface area (Å²) in [5.41, 5.74) is 8.41. The molecule has 18 heavy (non-hydrogen) atoms. The molecule has 0 radical (unpaired) electrons. The molecule has 2 atom stereocenters. The van der Waals surface area contributed by atoms with Crippen molar-refractivity contribution in [3.8, 4) is 0 Å². The Morgan fingerprint density at radius 3 is 2.67 bits per heavy atom. The van der Waals surface area contributed by atoms with E-state index in [0.717, 1.165) is 11.3 Å². The predicted molar refractivity (Wildman–Crippen MR) is 69.8 cm³/mol. The summed E-state index contributed by atoms with van der Waals surface area (Å²) >= 11 is 0. The summed E-state index contributed by atoms with van der Waals surface area (Å²) in [6.07, 6.45) is 3.49. The van der Waals surface area contributed by atoms with Gasteiger partial charge in [-0.3, -0.25) is 0 Å². The molecule has 0 aliphatic heterocycles. The molecule has 0 saturated heterocycles. The van der Waals surface area contributed by atoms with E-state index in [4.69, 9.17) is 5.73 Å². The fourth-order valence-electron chi connectivity index (χ4n) is 2.02. The van der Waals surface area contributed by atoms with Gasteiger partial charge in [0.1, 0.15) is 5.82 Å². The largest absolute Gasteiger partial charge is 0.326 e. The lowest BCUT2D eigenvalue weighted by Crippen LogP contribution is -2.15. The number of imidazole rings is 1. The Morgan fingerprint density at radius 1 is 1.33 bits per heavy atom. The van der Waals surface area contributed by atoms with Crippen LogP contribution in [-0.2, 0) is 0 Å². The molecule has 2 aromatic rings. The molecule has 0 bridgehead atoms. The third-order valence-electron chi connectivity index (χ3n) is 3.26. The number of aromatic nitrogens is 2. The molecule has 0 aliphatic rings. The van der Waals surface area contributed by atoms with E-state index in [9.17, 15) is 4.39 Å². The summed E-state index contributed by atoms with van der Waals surface area (Å²) in [5, 5.41) is 0. The molecule has 1 aromatic carbocycles. The van der Waals surface area contributed by atoms with Crippen LogP contribution in [-0.4, -0.2) is 9.55 Å². The molecule has 4 heteroatoms. The highest BCUT2D eigenvalue weighted by atomic mass is 19.1. The average Bonchev–Trinajstić information content (AvgIpc) is 2.81. The summed E-state index contributed by atoms with van der Waals surface area (Å²) in [6.45, 7) is 5.68. The first kappa shape index (κ1) is 12.8. The number of hydrogen-bond donors (Lipinski definition) is 1. The molecule has 2 rings (SSSR count). The van der Waals surface area contributed by atoms with E-state index < -0.39 is 0 Å². The second kappa shape index (κ2) is 4.90. The van der Waals surface area contributed by atoms with Crippen molar-refractivity contribution in [2.45, 2.75) is 32.9 Å². The molecule has 0 aliphatic carbocycles. The van der Waals surface area contributed by atoms with Crippen molar-refractivity contribution >= 4 is 0 Å². The lowest BCUT2D eigenvalue weighted by atomic mass is 10.1. The first-order chi connectivity index (χ1) is 8.50. The molecule has 1 heterocycles. The zero-order chi connectivity index (χ0) is 13.3. The van der Waals surface area contributed by atoms with Crippen LogP contribution in [0.25, 0.3) is 0 Å². The number of halogens is 1. The Hall–Kier alpha value is -1.68. The summed E-state index contributed by atoms with van der Waals surface area (Å²) in [4.78, 5) is 4.12. The van der Waals surface area contributed by atoms with Gasteiger partial charge in [-0.05, 0) is 38.0 Å². The highest BCUT2D eigenvalue weighted by Crippen LogP contribution is 2.23. The van der Waals surface area contributed by atoms with Crippen LogP contribution in [0.2, 0.25) is 0 Å². The van der Waals surface area contributed by atoms with E-state index in [2.05, 4.69) is 4.98 Å². The number of aryl methyl sites for hydroxylation is 1. The van der Waals surface area contributed by atoms with Crippen molar-refractivity contribution < 1.29 is 4.39 Å². The second-order valence-electron chi connectivity index (χ2n) is 4.70. The first-order valence-electron chi connectivity index (χ1n) is 6.04. The van der Waals surface area contributed by atoms with Crippen molar-refractivity contribution in [3.05, 3.63) is 53.4 Å². The Bertz CT molecular complexity index is 546. The number of nitrogens with two attached hydrogens (primary N) is 1. The zero-order valence-corrected chi connectivity index (χ0v) is 10.9. The van der Waals surface area contributed by atoms with Crippen molar-refractivity contribution in [1.82, 2.24) is 9.55 Å². The van der Waals surface area contributed by atoms with Gasteiger partial charge in [0.15, 0.2) is 0 Å². The molecular formula is C14H18FN3. The molecule has 96 valence electrons. The van der Waals surface area contributed by atoms with E-state index >= 15 is 0 Å². The van der Waals surface area contributed by atoms with Crippen LogP contribution in [0.3, 0.4) is 0 Å². The third-order valence-corrected chi connectivity index (χ3v) is 3.26. The fourth-order valence-corrected chi connectivity index (χ4v) is 2.02. The van der Waals surface area contributed by atoms with Crippen molar-refractivity contribution in [1.29, 1.82) is 0 Å². The predicted octanol–water partition coefficient (Wildman–Crippen LogP) is 2.96. The lowest BCUT2D eigenvalue weighted by Gasteiger charge is -2.19. The van der Waals surface area contributed by atoms with Crippen LogP contribution in [0, 0.1) is 12.7 Å². The zero-order valence-electron chi connectivity index (χ0n) is 10.9. The molecule has 2 N–H and O–H groups in total. The van der Waals surface area contributed by atoms with Gasteiger partial charge >= 0.3 is 0 Å². The maximum Gasteiger partial charge on any atom is 0.126 e. The minimum atomic E-state index is -0.179. The normalized spacial score (nSPS) is 14.5. The number of hydrogen-bond acceptors (Lipinski definition) is 2. The molecule has 0 fully saturated rings. The minimum Gasteiger partial charge on any atom is -0.326 e. The van der Waals surface area contributed by atoms with E-state index in [1.165, 1.54) is 0 Å².